The predicted molar refractivity (Wildman–Crippen MR) is 219 cm³/mol. The first kappa shape index (κ1) is 36.9. The van der Waals surface area contributed by atoms with Gasteiger partial charge in [-0.15, -0.1) is 54.1 Å². The van der Waals surface area contributed by atoms with Crippen LogP contribution in [0.15, 0.2) is 144 Å². The minimum atomic E-state index is -1.23. The Morgan fingerprint density at radius 3 is 2.13 bits per heavy atom. The van der Waals surface area contributed by atoms with E-state index < -0.39 is 8.07 Å². The molecule has 0 aliphatic heterocycles. The summed E-state index contributed by atoms with van der Waals surface area (Å²) in [7, 11) is -1.23. The number of pyridine rings is 1. The summed E-state index contributed by atoms with van der Waals surface area (Å²) >= 11 is 0. The molecule has 0 aliphatic rings. The van der Waals surface area contributed by atoms with E-state index in [2.05, 4.69) is 91.6 Å². The molecule has 0 atom stereocenters. The van der Waals surface area contributed by atoms with E-state index in [1.54, 1.807) is 0 Å². The van der Waals surface area contributed by atoms with Crippen LogP contribution >= 0.6 is 0 Å². The second-order valence-corrected chi connectivity index (χ2v) is 19.5. The molecule has 0 aliphatic carbocycles. The first-order valence-corrected chi connectivity index (χ1v) is 21.3. The zero-order valence-corrected chi connectivity index (χ0v) is 34.1. The van der Waals surface area contributed by atoms with Crippen molar-refractivity contribution in [1.82, 2.24) is 14.5 Å². The summed E-state index contributed by atoms with van der Waals surface area (Å²) in [6.07, 6.45) is 2.02. The number of hydrogen-bond donors (Lipinski definition) is 0. The van der Waals surface area contributed by atoms with E-state index in [0.717, 1.165) is 83.6 Å². The zero-order chi connectivity index (χ0) is 36.7. The Bertz CT molecular complexity index is 2710. The molecular formula is C47H38FIrN3OSi-2. The largest absolute Gasteiger partial charge is 0.501 e. The molecule has 0 unspecified atom stereocenters. The van der Waals surface area contributed by atoms with Crippen LogP contribution in [0.25, 0.3) is 72.4 Å². The van der Waals surface area contributed by atoms with Crippen LogP contribution in [0.5, 0.6) is 0 Å². The molecule has 7 heteroatoms. The number of nitrogens with zero attached hydrogens (tertiary/aromatic N) is 3. The van der Waals surface area contributed by atoms with E-state index in [-0.39, 0.29) is 25.9 Å². The van der Waals surface area contributed by atoms with Gasteiger partial charge in [-0.2, -0.15) is 0 Å². The summed E-state index contributed by atoms with van der Waals surface area (Å²) in [5.41, 5.74) is 11.7. The Balaban J connectivity index is 0.000000223. The molecule has 9 rings (SSSR count). The van der Waals surface area contributed by atoms with E-state index in [0.29, 0.717) is 0 Å². The first-order chi connectivity index (χ1) is 25.7. The third-order valence-corrected chi connectivity index (χ3v) is 11.7. The molecule has 0 saturated carbocycles. The molecule has 0 spiro atoms. The van der Waals surface area contributed by atoms with Gasteiger partial charge in [0.1, 0.15) is 11.4 Å². The Morgan fingerprint density at radius 1 is 0.704 bits per heavy atom. The molecule has 4 nitrogen and oxygen atoms in total. The number of aromatic nitrogens is 3. The third-order valence-electron chi connectivity index (χ3n) is 9.63. The van der Waals surface area contributed by atoms with Gasteiger partial charge in [0, 0.05) is 37.4 Å². The van der Waals surface area contributed by atoms with Gasteiger partial charge in [0.25, 0.3) is 0 Å². The quantitative estimate of drug-likeness (QED) is 0.128. The number of imidazole rings is 1. The van der Waals surface area contributed by atoms with Gasteiger partial charge >= 0.3 is 0 Å². The molecule has 54 heavy (non-hydrogen) atoms. The topological polar surface area (TPSA) is 43.9 Å². The van der Waals surface area contributed by atoms with Gasteiger partial charge in [-0.1, -0.05) is 85.2 Å². The van der Waals surface area contributed by atoms with Gasteiger partial charge in [0.2, 0.25) is 0 Å². The molecule has 0 fully saturated rings. The SMILES string of the molecule is C[Si](C)(C)c1ccc(-c2[c-]cccc2)nc1.Cc1cc(-c2ccc(F)cc2)cc(C)c1-n1c(-c2[c-]ccc3c2oc2ccccc23)nc2ccccc21.[Ir]. The van der Waals surface area contributed by atoms with E-state index in [1.807, 2.05) is 91.1 Å². The van der Waals surface area contributed by atoms with E-state index in [4.69, 9.17) is 9.40 Å². The van der Waals surface area contributed by atoms with Crippen LogP contribution in [0.2, 0.25) is 19.6 Å². The van der Waals surface area contributed by atoms with Gasteiger partial charge in [0.05, 0.1) is 30.5 Å². The summed E-state index contributed by atoms with van der Waals surface area (Å²) in [5, 5.41) is 3.52. The zero-order valence-electron chi connectivity index (χ0n) is 30.7. The maximum Gasteiger partial charge on any atom is 0.123 e. The van der Waals surface area contributed by atoms with Gasteiger partial charge in [-0.05, 0) is 89.4 Å². The summed E-state index contributed by atoms with van der Waals surface area (Å²) in [5.74, 6) is 0.547. The van der Waals surface area contributed by atoms with Crippen LogP contribution in [0.1, 0.15) is 11.1 Å². The fourth-order valence-corrected chi connectivity index (χ4v) is 7.98. The molecule has 3 aromatic heterocycles. The molecule has 3 heterocycles. The van der Waals surface area contributed by atoms with Crippen molar-refractivity contribution in [2.24, 2.45) is 0 Å². The van der Waals surface area contributed by atoms with Gasteiger partial charge in [-0.25, -0.2) is 4.39 Å². The van der Waals surface area contributed by atoms with Crippen LogP contribution in [-0.4, -0.2) is 22.6 Å². The molecular weight excluding hydrogens is 862 g/mol. The molecule has 9 aromatic rings. The second kappa shape index (κ2) is 15.1. The first-order valence-electron chi connectivity index (χ1n) is 17.8. The average molecular weight is 900 g/mol. The second-order valence-electron chi connectivity index (χ2n) is 14.4. The fourth-order valence-electron chi connectivity index (χ4n) is 6.94. The van der Waals surface area contributed by atoms with Crippen molar-refractivity contribution in [2.45, 2.75) is 33.5 Å². The Labute approximate surface area is 329 Å². The monoisotopic (exact) mass is 900 g/mol. The Morgan fingerprint density at radius 2 is 1.43 bits per heavy atom. The van der Waals surface area contributed by atoms with Crippen molar-refractivity contribution in [1.29, 1.82) is 0 Å². The molecule has 6 aromatic carbocycles. The number of aryl methyl sites for hydroxylation is 2. The van der Waals surface area contributed by atoms with Crippen molar-refractivity contribution in [3.63, 3.8) is 0 Å². The van der Waals surface area contributed by atoms with Crippen LogP contribution < -0.4 is 5.19 Å². The van der Waals surface area contributed by atoms with Crippen molar-refractivity contribution < 1.29 is 28.9 Å². The standard InChI is InChI=1S/C33H22FN2O.C14H16NSi.Ir/c1-20-18-23(22-14-16-24(34)17-15-22)19-21(2)31(20)36-29-12-5-4-11-28(29)35-33(36)27-10-7-9-26-25-8-3-6-13-30(25)37-32(26)27;1-16(2,3)13-9-10-14(15-11-13)12-7-5-4-6-8-12;/h3-9,11-19H,1-2H3;4-7,9-11H,1-3H3;/q2*-1;. The van der Waals surface area contributed by atoms with Crippen LogP contribution in [-0.2, 0) is 20.1 Å². The number of halogens is 1. The minimum absolute atomic E-state index is 0. The van der Waals surface area contributed by atoms with Crippen LogP contribution in [0, 0.1) is 31.8 Å². The molecule has 0 saturated heterocycles. The van der Waals surface area contributed by atoms with Crippen molar-refractivity contribution >= 4 is 46.2 Å². The number of furan rings is 1. The summed E-state index contributed by atoms with van der Waals surface area (Å²) in [4.78, 5) is 9.60. The maximum atomic E-state index is 13.5. The van der Waals surface area contributed by atoms with Gasteiger partial charge < -0.3 is 14.0 Å². The minimum Gasteiger partial charge on any atom is -0.501 e. The summed E-state index contributed by atoms with van der Waals surface area (Å²) in [6.45, 7) is 11.2. The summed E-state index contributed by atoms with van der Waals surface area (Å²) in [6, 6.07) is 50.0. The molecule has 269 valence electrons. The van der Waals surface area contributed by atoms with E-state index >= 15 is 0 Å². The number of hydrogen-bond acceptors (Lipinski definition) is 3. The van der Waals surface area contributed by atoms with Crippen LogP contribution in [0.4, 0.5) is 4.39 Å². The Kier molecular flexibility index (Phi) is 10.3. The maximum absolute atomic E-state index is 13.5. The predicted octanol–water partition coefficient (Wildman–Crippen LogP) is 11.9. The van der Waals surface area contributed by atoms with Crippen molar-refractivity contribution in [3.8, 4) is 39.5 Å². The number of fused-ring (bicyclic) bond motifs is 4. The average Bonchev–Trinajstić information content (AvgIpc) is 3.74. The smallest absolute Gasteiger partial charge is 0.123 e. The molecule has 1 radical (unpaired) electrons. The molecule has 0 amide bonds. The van der Waals surface area contributed by atoms with E-state index in [1.165, 1.54) is 17.3 Å². The molecule has 0 N–H and O–H groups in total. The van der Waals surface area contributed by atoms with Crippen molar-refractivity contribution in [2.75, 3.05) is 0 Å². The number of para-hydroxylation sites is 3. The normalized spacial score (nSPS) is 11.4. The summed E-state index contributed by atoms with van der Waals surface area (Å²) < 4.78 is 22.1. The van der Waals surface area contributed by atoms with Crippen LogP contribution in [0.3, 0.4) is 0 Å². The van der Waals surface area contributed by atoms with Gasteiger partial charge in [0.15, 0.2) is 0 Å². The fraction of sp³-hybridized carbons (Fsp3) is 0.106. The number of benzene rings is 6. The van der Waals surface area contributed by atoms with E-state index in [9.17, 15) is 4.39 Å². The Hall–Kier alpha value is -5.46. The number of rotatable bonds is 5. The van der Waals surface area contributed by atoms with Crippen molar-refractivity contribution in [3.05, 3.63) is 169 Å². The molecule has 0 bridgehead atoms. The third kappa shape index (κ3) is 7.11. The van der Waals surface area contributed by atoms with Gasteiger partial charge in [-0.3, -0.25) is 4.98 Å².